The molecule has 1 saturated heterocycles. The van der Waals surface area contributed by atoms with E-state index in [1.165, 1.54) is 12.1 Å². The van der Waals surface area contributed by atoms with Gasteiger partial charge >= 0.3 is 6.09 Å². The second-order valence-corrected chi connectivity index (χ2v) is 8.68. The number of hydrogen-bond donors (Lipinski definition) is 2. The average molecular weight is 493 g/mol. The molecule has 9 nitrogen and oxygen atoms in total. The molecule has 10 heteroatoms. The van der Waals surface area contributed by atoms with Crippen molar-refractivity contribution in [3.05, 3.63) is 77.7 Å². The molecule has 0 bridgehead atoms. The number of anilines is 2. The molecule has 1 aliphatic rings. The predicted molar refractivity (Wildman–Crippen MR) is 131 cm³/mol. The molecule has 0 radical (unpaired) electrons. The van der Waals surface area contributed by atoms with Crippen molar-refractivity contribution < 1.29 is 18.7 Å². The summed E-state index contributed by atoms with van der Waals surface area (Å²) in [6.07, 6.45) is 2.71. The first-order valence-corrected chi connectivity index (χ1v) is 11.7. The molecule has 3 N–H and O–H groups in total. The Morgan fingerprint density at radius 2 is 1.94 bits per heavy atom. The van der Waals surface area contributed by atoms with E-state index in [9.17, 15) is 14.4 Å². The fourth-order valence-electron chi connectivity index (χ4n) is 4.29. The van der Waals surface area contributed by atoms with Gasteiger partial charge in [-0.3, -0.25) is 4.68 Å². The van der Waals surface area contributed by atoms with E-state index >= 15 is 0 Å². The third-order valence-electron chi connectivity index (χ3n) is 6.30. The Bertz CT molecular complexity index is 1200. The number of halogens is 1. The summed E-state index contributed by atoms with van der Waals surface area (Å²) < 4.78 is 26.0. The van der Waals surface area contributed by atoms with Crippen molar-refractivity contribution >= 4 is 17.6 Å². The van der Waals surface area contributed by atoms with Gasteiger partial charge in [0.05, 0.1) is 31.4 Å². The predicted octanol–water partition coefficient (Wildman–Crippen LogP) is 4.24. The van der Waals surface area contributed by atoms with Crippen molar-refractivity contribution in [3.63, 3.8) is 0 Å². The Morgan fingerprint density at radius 3 is 2.64 bits per heavy atom. The summed E-state index contributed by atoms with van der Waals surface area (Å²) in [5.74, 6) is 0.253. The fourth-order valence-corrected chi connectivity index (χ4v) is 4.29. The first-order valence-electron chi connectivity index (χ1n) is 11.7. The number of carbonyl (C=O) groups is 1. The maximum absolute atomic E-state index is 13.4. The largest absolute Gasteiger partial charge is 0.445 e. The summed E-state index contributed by atoms with van der Waals surface area (Å²) in [5.41, 5.74) is 7.23. The van der Waals surface area contributed by atoms with Gasteiger partial charge in [-0.2, -0.15) is 10.4 Å². The second-order valence-electron chi connectivity index (χ2n) is 8.68. The summed E-state index contributed by atoms with van der Waals surface area (Å²) in [5, 5.41) is 17.7. The highest BCUT2D eigenvalue weighted by molar-refractivity contribution is 5.67. The third-order valence-corrected chi connectivity index (χ3v) is 6.30. The molecule has 188 valence electrons. The number of likely N-dealkylation sites (tertiary alicyclic amines) is 1. The van der Waals surface area contributed by atoms with Gasteiger partial charge in [-0.25, -0.2) is 9.18 Å². The van der Waals surface area contributed by atoms with Crippen LogP contribution in [-0.4, -0.2) is 40.6 Å². The van der Waals surface area contributed by atoms with Crippen molar-refractivity contribution in [1.82, 2.24) is 14.7 Å². The molecule has 0 unspecified atom stereocenters. The number of carbonyl (C=O) groups excluding carboxylic acids is 1. The van der Waals surface area contributed by atoms with E-state index in [-0.39, 0.29) is 32.2 Å². The first kappa shape index (κ1) is 25.2. The number of rotatable bonds is 9. The van der Waals surface area contributed by atoms with Gasteiger partial charge in [0.2, 0.25) is 0 Å². The molecule has 2 aromatic carbocycles. The summed E-state index contributed by atoms with van der Waals surface area (Å²) in [4.78, 5) is 14.2. The van der Waals surface area contributed by atoms with Crippen LogP contribution in [-0.2, 0) is 28.2 Å². The van der Waals surface area contributed by atoms with Gasteiger partial charge in [-0.15, -0.1) is 0 Å². The quantitative estimate of drug-likeness (QED) is 0.429. The van der Waals surface area contributed by atoms with Gasteiger partial charge in [-0.05, 0) is 42.7 Å². The third kappa shape index (κ3) is 6.00. The maximum Gasteiger partial charge on any atom is 0.410 e. The number of aromatic nitrogens is 2. The molecule has 0 spiro atoms. The minimum Gasteiger partial charge on any atom is -0.445 e. The number of hydrogen-bond acceptors (Lipinski definition) is 7. The number of amides is 1. The van der Waals surface area contributed by atoms with Gasteiger partial charge in [0.15, 0.2) is 5.82 Å². The van der Waals surface area contributed by atoms with Crippen LogP contribution in [0.3, 0.4) is 0 Å². The Kier molecular flexibility index (Phi) is 8.15. The second kappa shape index (κ2) is 11.7. The number of piperidine rings is 1. The van der Waals surface area contributed by atoms with Crippen LogP contribution in [0.25, 0.3) is 0 Å². The van der Waals surface area contributed by atoms with Crippen LogP contribution in [0.15, 0.2) is 60.8 Å². The molecule has 0 saturated carbocycles. The monoisotopic (exact) mass is 492 g/mol. The Hall–Kier alpha value is -3.94. The van der Waals surface area contributed by atoms with Gasteiger partial charge < -0.3 is 25.4 Å². The van der Waals surface area contributed by atoms with Gasteiger partial charge in [-0.1, -0.05) is 30.3 Å². The topological polar surface area (TPSA) is 118 Å². The molecular weight excluding hydrogens is 463 g/mol. The number of benzene rings is 2. The van der Waals surface area contributed by atoms with Crippen LogP contribution in [0.4, 0.5) is 20.7 Å². The molecule has 0 aliphatic carbocycles. The zero-order valence-corrected chi connectivity index (χ0v) is 19.9. The number of ether oxygens (including phenoxy) is 2. The molecule has 1 aliphatic heterocycles. The highest BCUT2D eigenvalue weighted by Crippen LogP contribution is 2.35. The van der Waals surface area contributed by atoms with Crippen LogP contribution < -0.4 is 11.1 Å². The van der Waals surface area contributed by atoms with E-state index in [4.69, 9.17) is 20.3 Å². The lowest BCUT2D eigenvalue weighted by Crippen LogP contribution is -2.48. The average Bonchev–Trinajstić information content (AvgIpc) is 3.30. The van der Waals surface area contributed by atoms with Crippen molar-refractivity contribution in [2.24, 2.45) is 5.73 Å². The Labute approximate surface area is 209 Å². The zero-order valence-electron chi connectivity index (χ0n) is 19.9. The lowest BCUT2D eigenvalue weighted by Gasteiger charge is -2.40. The fraction of sp³-hybridized carbons (Fsp3) is 0.346. The SMILES string of the molecule is N#CCC1(n2cc(COCN)c(Nc3ccccc3)n2)CCN(C(=O)OCc2cccc(F)c2)CC1. The smallest absolute Gasteiger partial charge is 0.410 e. The van der Waals surface area contributed by atoms with Crippen molar-refractivity contribution in [2.45, 2.75) is 38.0 Å². The lowest BCUT2D eigenvalue weighted by molar-refractivity contribution is 0.0613. The Balaban J connectivity index is 1.47. The molecule has 2 heterocycles. The minimum atomic E-state index is -0.581. The number of nitrogens with two attached hydrogens (primary N) is 1. The molecule has 1 amide bonds. The van der Waals surface area contributed by atoms with E-state index in [1.807, 2.05) is 41.2 Å². The molecule has 1 fully saturated rings. The van der Waals surface area contributed by atoms with Crippen molar-refractivity contribution in [3.8, 4) is 6.07 Å². The van der Waals surface area contributed by atoms with E-state index in [2.05, 4.69) is 11.4 Å². The maximum atomic E-state index is 13.4. The lowest BCUT2D eigenvalue weighted by atomic mass is 9.85. The standard InChI is InChI=1S/C26H29FN6O3/c27-22-6-4-5-20(15-22)17-36-25(34)32-13-10-26(9-12-28,11-14-32)33-16-21(18-35-19-29)24(31-33)30-23-7-2-1-3-8-23/h1-8,15-16H,9-11,13-14,17-19,29H2,(H,30,31). The highest BCUT2D eigenvalue weighted by atomic mass is 19.1. The zero-order chi connectivity index (χ0) is 25.4. The summed E-state index contributed by atoms with van der Waals surface area (Å²) >= 11 is 0. The van der Waals surface area contributed by atoms with Crippen LogP contribution in [0, 0.1) is 17.1 Å². The van der Waals surface area contributed by atoms with Crippen LogP contribution >= 0.6 is 0 Å². The van der Waals surface area contributed by atoms with Gasteiger partial charge in [0, 0.05) is 30.5 Å². The molecule has 36 heavy (non-hydrogen) atoms. The van der Waals surface area contributed by atoms with E-state index in [0.29, 0.717) is 37.3 Å². The van der Waals surface area contributed by atoms with E-state index in [1.54, 1.807) is 17.0 Å². The van der Waals surface area contributed by atoms with Crippen LogP contribution in [0.1, 0.15) is 30.4 Å². The minimum absolute atomic E-state index is 0.00535. The number of para-hydroxylation sites is 1. The van der Waals surface area contributed by atoms with E-state index in [0.717, 1.165) is 11.3 Å². The summed E-state index contributed by atoms with van der Waals surface area (Å²) in [6, 6.07) is 17.9. The number of nitrogens with one attached hydrogen (secondary N) is 1. The van der Waals surface area contributed by atoms with Crippen molar-refractivity contribution in [1.29, 1.82) is 5.26 Å². The number of nitrogens with zero attached hydrogens (tertiary/aromatic N) is 4. The molecule has 0 atom stereocenters. The van der Waals surface area contributed by atoms with Crippen LogP contribution in [0.5, 0.6) is 0 Å². The number of nitriles is 1. The summed E-state index contributed by atoms with van der Waals surface area (Å²) in [7, 11) is 0. The highest BCUT2D eigenvalue weighted by Gasteiger charge is 2.39. The normalized spacial score (nSPS) is 14.8. The molecule has 4 rings (SSSR count). The summed E-state index contributed by atoms with van der Waals surface area (Å²) in [6.45, 7) is 1.15. The molecular formula is C26H29FN6O3. The molecule has 3 aromatic rings. The Morgan fingerprint density at radius 1 is 1.17 bits per heavy atom. The first-order chi connectivity index (χ1) is 17.5. The van der Waals surface area contributed by atoms with Gasteiger partial charge in [0.1, 0.15) is 12.4 Å². The van der Waals surface area contributed by atoms with Crippen molar-refractivity contribution in [2.75, 3.05) is 25.1 Å². The van der Waals surface area contributed by atoms with Gasteiger partial charge in [0.25, 0.3) is 0 Å². The van der Waals surface area contributed by atoms with Crippen LogP contribution in [0.2, 0.25) is 0 Å². The molecule has 1 aromatic heterocycles. The van der Waals surface area contributed by atoms with E-state index < -0.39 is 11.6 Å².